The molecule has 6 nitrogen and oxygen atoms in total. The summed E-state index contributed by atoms with van der Waals surface area (Å²) in [6.45, 7) is 5.03. The SMILES string of the molecule is CCN(CC)C(=O)c1nc(-c2cccnc2)no1. The van der Waals surface area contributed by atoms with E-state index in [9.17, 15) is 4.79 Å². The summed E-state index contributed by atoms with van der Waals surface area (Å²) in [6.07, 6.45) is 3.28. The van der Waals surface area contributed by atoms with Crippen LogP contribution in [0.5, 0.6) is 0 Å². The van der Waals surface area contributed by atoms with Crippen molar-refractivity contribution in [3.05, 3.63) is 30.4 Å². The molecule has 2 heterocycles. The summed E-state index contributed by atoms with van der Waals surface area (Å²) in [5.74, 6) is 0.138. The van der Waals surface area contributed by atoms with Crippen molar-refractivity contribution in [3.8, 4) is 11.4 Å². The van der Waals surface area contributed by atoms with Crippen molar-refractivity contribution in [2.45, 2.75) is 13.8 Å². The first-order chi connectivity index (χ1) is 8.76. The molecule has 0 saturated heterocycles. The Labute approximate surface area is 105 Å². The summed E-state index contributed by atoms with van der Waals surface area (Å²) < 4.78 is 4.99. The average Bonchev–Trinajstić information content (AvgIpc) is 2.90. The van der Waals surface area contributed by atoms with Gasteiger partial charge in [-0.05, 0) is 26.0 Å². The summed E-state index contributed by atoms with van der Waals surface area (Å²) in [7, 11) is 0. The van der Waals surface area contributed by atoms with Crippen LogP contribution in [-0.2, 0) is 0 Å². The van der Waals surface area contributed by atoms with E-state index in [1.165, 1.54) is 0 Å². The zero-order valence-electron chi connectivity index (χ0n) is 10.3. The maximum atomic E-state index is 12.0. The number of rotatable bonds is 4. The van der Waals surface area contributed by atoms with Crippen molar-refractivity contribution in [2.24, 2.45) is 0 Å². The highest BCUT2D eigenvalue weighted by Gasteiger charge is 2.20. The van der Waals surface area contributed by atoms with E-state index in [2.05, 4.69) is 15.1 Å². The molecule has 0 atom stereocenters. The third-order valence-corrected chi connectivity index (χ3v) is 2.58. The normalized spacial score (nSPS) is 10.3. The monoisotopic (exact) mass is 246 g/mol. The first-order valence-corrected chi connectivity index (χ1v) is 5.79. The molecule has 2 rings (SSSR count). The molecule has 0 aliphatic rings. The Hall–Kier alpha value is -2.24. The van der Waals surface area contributed by atoms with Gasteiger partial charge in [-0.1, -0.05) is 5.16 Å². The third kappa shape index (κ3) is 2.37. The second-order valence-electron chi connectivity index (χ2n) is 3.64. The molecule has 0 N–H and O–H groups in total. The molecule has 18 heavy (non-hydrogen) atoms. The van der Waals surface area contributed by atoms with Crippen LogP contribution in [0.2, 0.25) is 0 Å². The third-order valence-electron chi connectivity index (χ3n) is 2.58. The summed E-state index contributed by atoms with van der Waals surface area (Å²) in [5.41, 5.74) is 0.722. The van der Waals surface area contributed by atoms with Gasteiger partial charge in [-0.2, -0.15) is 4.98 Å². The number of hydrogen-bond donors (Lipinski definition) is 0. The lowest BCUT2D eigenvalue weighted by atomic mass is 10.3. The Balaban J connectivity index is 2.23. The zero-order valence-corrected chi connectivity index (χ0v) is 10.3. The quantitative estimate of drug-likeness (QED) is 0.819. The lowest BCUT2D eigenvalue weighted by Gasteiger charge is -2.15. The molecule has 0 spiro atoms. The number of hydrogen-bond acceptors (Lipinski definition) is 5. The minimum Gasteiger partial charge on any atom is -0.335 e. The van der Waals surface area contributed by atoms with Crippen LogP contribution < -0.4 is 0 Å². The van der Waals surface area contributed by atoms with Crippen LogP contribution in [0.1, 0.15) is 24.5 Å². The highest BCUT2D eigenvalue weighted by molar-refractivity contribution is 5.89. The molecule has 2 aromatic rings. The first-order valence-electron chi connectivity index (χ1n) is 5.79. The van der Waals surface area contributed by atoms with E-state index in [0.717, 1.165) is 5.56 Å². The van der Waals surface area contributed by atoms with E-state index in [1.54, 1.807) is 23.4 Å². The summed E-state index contributed by atoms with van der Waals surface area (Å²) in [4.78, 5) is 21.6. The Bertz CT molecular complexity index is 520. The highest BCUT2D eigenvalue weighted by atomic mass is 16.5. The van der Waals surface area contributed by atoms with Crippen LogP contribution >= 0.6 is 0 Å². The zero-order chi connectivity index (χ0) is 13.0. The number of pyridine rings is 1. The fourth-order valence-electron chi connectivity index (χ4n) is 1.57. The van der Waals surface area contributed by atoms with Crippen molar-refractivity contribution >= 4 is 5.91 Å². The van der Waals surface area contributed by atoms with Gasteiger partial charge in [-0.3, -0.25) is 9.78 Å². The predicted molar refractivity (Wildman–Crippen MR) is 64.8 cm³/mol. The summed E-state index contributed by atoms with van der Waals surface area (Å²) >= 11 is 0. The Morgan fingerprint density at radius 3 is 2.78 bits per heavy atom. The number of carbonyl (C=O) groups excluding carboxylic acids is 1. The fourth-order valence-corrected chi connectivity index (χ4v) is 1.57. The van der Waals surface area contributed by atoms with Gasteiger partial charge in [0.25, 0.3) is 0 Å². The van der Waals surface area contributed by atoms with Crippen molar-refractivity contribution in [1.82, 2.24) is 20.0 Å². The molecule has 0 aromatic carbocycles. The van der Waals surface area contributed by atoms with Gasteiger partial charge in [-0.25, -0.2) is 0 Å². The molecule has 0 fully saturated rings. The maximum Gasteiger partial charge on any atom is 0.316 e. The van der Waals surface area contributed by atoms with Crippen LogP contribution in [0.4, 0.5) is 0 Å². The summed E-state index contributed by atoms with van der Waals surface area (Å²) in [6, 6.07) is 3.58. The fraction of sp³-hybridized carbons (Fsp3) is 0.333. The second kappa shape index (κ2) is 5.39. The van der Waals surface area contributed by atoms with Gasteiger partial charge in [0.2, 0.25) is 5.82 Å². The Morgan fingerprint density at radius 2 is 2.17 bits per heavy atom. The molecule has 2 aromatic heterocycles. The molecule has 0 unspecified atom stereocenters. The predicted octanol–water partition coefficient (Wildman–Crippen LogP) is 1.61. The highest BCUT2D eigenvalue weighted by Crippen LogP contribution is 2.14. The lowest BCUT2D eigenvalue weighted by molar-refractivity contribution is 0.0723. The van der Waals surface area contributed by atoms with Gasteiger partial charge in [0.1, 0.15) is 0 Å². The Kier molecular flexibility index (Phi) is 3.66. The van der Waals surface area contributed by atoms with Crippen molar-refractivity contribution in [3.63, 3.8) is 0 Å². The number of amides is 1. The van der Waals surface area contributed by atoms with Gasteiger partial charge in [0.15, 0.2) is 0 Å². The molecule has 6 heteroatoms. The molecule has 0 saturated carbocycles. The van der Waals surface area contributed by atoms with E-state index in [-0.39, 0.29) is 11.8 Å². The molecule has 0 radical (unpaired) electrons. The molecular formula is C12H14N4O2. The van der Waals surface area contributed by atoms with Gasteiger partial charge in [-0.15, -0.1) is 0 Å². The molecule has 0 bridgehead atoms. The number of nitrogens with zero attached hydrogens (tertiary/aromatic N) is 4. The lowest BCUT2D eigenvalue weighted by Crippen LogP contribution is -2.30. The first kappa shape index (κ1) is 12.2. The van der Waals surface area contributed by atoms with Crippen LogP contribution in [0.15, 0.2) is 29.0 Å². The number of carbonyl (C=O) groups is 1. The smallest absolute Gasteiger partial charge is 0.316 e. The van der Waals surface area contributed by atoms with Gasteiger partial charge >= 0.3 is 11.8 Å². The van der Waals surface area contributed by atoms with Crippen LogP contribution in [0, 0.1) is 0 Å². The Morgan fingerprint density at radius 1 is 1.39 bits per heavy atom. The largest absolute Gasteiger partial charge is 0.335 e. The van der Waals surface area contributed by atoms with Crippen LogP contribution in [-0.4, -0.2) is 39.0 Å². The molecular weight excluding hydrogens is 232 g/mol. The van der Waals surface area contributed by atoms with Crippen molar-refractivity contribution < 1.29 is 9.32 Å². The molecule has 94 valence electrons. The molecule has 0 aliphatic carbocycles. The van der Waals surface area contributed by atoms with E-state index < -0.39 is 0 Å². The second-order valence-corrected chi connectivity index (χ2v) is 3.64. The number of aromatic nitrogens is 3. The van der Waals surface area contributed by atoms with E-state index in [0.29, 0.717) is 18.9 Å². The van der Waals surface area contributed by atoms with Crippen LogP contribution in [0.25, 0.3) is 11.4 Å². The molecule has 1 amide bonds. The van der Waals surface area contributed by atoms with Crippen molar-refractivity contribution in [1.29, 1.82) is 0 Å². The topological polar surface area (TPSA) is 72.1 Å². The average molecular weight is 246 g/mol. The van der Waals surface area contributed by atoms with Gasteiger partial charge in [0, 0.05) is 31.0 Å². The van der Waals surface area contributed by atoms with E-state index >= 15 is 0 Å². The minimum absolute atomic E-state index is 0.0116. The minimum atomic E-state index is -0.248. The van der Waals surface area contributed by atoms with Gasteiger partial charge in [0.05, 0.1) is 0 Å². The summed E-state index contributed by atoms with van der Waals surface area (Å²) in [5, 5.41) is 3.78. The van der Waals surface area contributed by atoms with Crippen LogP contribution in [0.3, 0.4) is 0 Å². The standard InChI is InChI=1S/C12H14N4O2/c1-3-16(4-2)12(17)11-14-10(15-18-11)9-6-5-7-13-8-9/h5-8H,3-4H2,1-2H3. The van der Waals surface area contributed by atoms with E-state index in [1.807, 2.05) is 19.9 Å². The molecule has 0 aliphatic heterocycles. The van der Waals surface area contributed by atoms with Crippen molar-refractivity contribution in [2.75, 3.05) is 13.1 Å². The van der Waals surface area contributed by atoms with E-state index in [4.69, 9.17) is 4.52 Å². The maximum absolute atomic E-state index is 12.0. The van der Waals surface area contributed by atoms with Gasteiger partial charge < -0.3 is 9.42 Å².